The molecule has 1 aromatic carbocycles. The molecule has 0 radical (unpaired) electrons. The molecule has 0 aliphatic carbocycles. The van der Waals surface area contributed by atoms with Crippen LogP contribution in [0.25, 0.3) is 11.3 Å². The van der Waals surface area contributed by atoms with E-state index < -0.39 is 17.7 Å². The van der Waals surface area contributed by atoms with Crippen LogP contribution >= 0.6 is 0 Å². The van der Waals surface area contributed by atoms with Gasteiger partial charge in [-0.2, -0.15) is 0 Å². The Hall–Kier alpha value is -3.45. The molecule has 1 N–H and O–H groups in total. The maximum Gasteiger partial charge on any atom is 0.337 e. The van der Waals surface area contributed by atoms with Gasteiger partial charge in [-0.05, 0) is 76.1 Å². The Balaban J connectivity index is 1.74. The number of carboxylic acid groups (broad SMARTS) is 1. The van der Waals surface area contributed by atoms with Crippen LogP contribution in [-0.4, -0.2) is 39.7 Å². The smallest absolute Gasteiger partial charge is 0.337 e. The van der Waals surface area contributed by atoms with Crippen molar-refractivity contribution < 1.29 is 19.4 Å². The Morgan fingerprint density at radius 2 is 1.74 bits per heavy atom. The summed E-state index contributed by atoms with van der Waals surface area (Å²) < 4.78 is 12.1. The van der Waals surface area contributed by atoms with Crippen LogP contribution in [0.5, 0.6) is 5.75 Å². The van der Waals surface area contributed by atoms with Crippen molar-refractivity contribution in [3.05, 3.63) is 71.2 Å². The molecule has 3 heterocycles. The Morgan fingerprint density at radius 3 is 2.33 bits per heavy atom. The van der Waals surface area contributed by atoms with E-state index in [0.29, 0.717) is 29.3 Å². The van der Waals surface area contributed by atoms with Gasteiger partial charge in [-0.1, -0.05) is 38.1 Å². The minimum absolute atomic E-state index is 0.237. The zero-order chi connectivity index (χ0) is 28.4. The number of aryl methyl sites for hydroxylation is 2. The number of anilines is 1. The van der Waals surface area contributed by atoms with Crippen LogP contribution in [-0.2, 0) is 16.1 Å². The van der Waals surface area contributed by atoms with E-state index in [-0.39, 0.29) is 5.41 Å². The van der Waals surface area contributed by atoms with Crippen LogP contribution in [0.15, 0.2) is 48.8 Å². The Kier molecular flexibility index (Phi) is 8.31. The first-order valence-electron chi connectivity index (χ1n) is 13.6. The molecule has 7 nitrogen and oxygen atoms in total. The predicted octanol–water partition coefficient (Wildman–Crippen LogP) is 6.91. The summed E-state index contributed by atoms with van der Waals surface area (Å²) in [5, 5.41) is 10.3. The van der Waals surface area contributed by atoms with Crippen molar-refractivity contribution in [2.75, 3.05) is 18.0 Å². The number of rotatable bonds is 8. The van der Waals surface area contributed by atoms with Gasteiger partial charge in [-0.3, -0.25) is 9.97 Å². The molecule has 1 saturated heterocycles. The molecule has 1 aliphatic heterocycles. The molecule has 1 aliphatic rings. The summed E-state index contributed by atoms with van der Waals surface area (Å²) in [6.45, 7) is 16.2. The van der Waals surface area contributed by atoms with Gasteiger partial charge in [0.15, 0.2) is 6.10 Å². The summed E-state index contributed by atoms with van der Waals surface area (Å²) in [5.74, 6) is -0.360. The van der Waals surface area contributed by atoms with Gasteiger partial charge in [-0.25, -0.2) is 4.79 Å². The molecule has 39 heavy (non-hydrogen) atoms. The van der Waals surface area contributed by atoms with Gasteiger partial charge in [0.2, 0.25) is 0 Å². The zero-order valence-electron chi connectivity index (χ0n) is 24.2. The molecule has 0 amide bonds. The van der Waals surface area contributed by atoms with Crippen LogP contribution in [0.1, 0.15) is 75.9 Å². The van der Waals surface area contributed by atoms with E-state index in [2.05, 4.69) is 42.8 Å². The summed E-state index contributed by atoms with van der Waals surface area (Å²) in [6, 6.07) is 12.0. The van der Waals surface area contributed by atoms with Crippen LogP contribution in [0.2, 0.25) is 0 Å². The number of benzene rings is 1. The monoisotopic (exact) mass is 531 g/mol. The first kappa shape index (κ1) is 28.6. The number of carboxylic acids is 1. The van der Waals surface area contributed by atoms with Crippen molar-refractivity contribution in [2.24, 2.45) is 5.41 Å². The van der Waals surface area contributed by atoms with Gasteiger partial charge in [0, 0.05) is 36.1 Å². The Morgan fingerprint density at radius 1 is 1.05 bits per heavy atom. The first-order valence-corrected chi connectivity index (χ1v) is 13.6. The molecular weight excluding hydrogens is 490 g/mol. The van der Waals surface area contributed by atoms with Crippen molar-refractivity contribution in [3.8, 4) is 17.0 Å². The molecule has 0 bridgehead atoms. The fourth-order valence-corrected chi connectivity index (χ4v) is 4.93. The molecule has 2 aromatic heterocycles. The number of carbonyl (C=O) groups is 1. The second-order valence-corrected chi connectivity index (χ2v) is 12.2. The van der Waals surface area contributed by atoms with Crippen molar-refractivity contribution >= 4 is 11.7 Å². The Labute approximate surface area is 232 Å². The normalized spacial score (nSPS) is 16.1. The summed E-state index contributed by atoms with van der Waals surface area (Å²) >= 11 is 0. The average Bonchev–Trinajstić information content (AvgIpc) is 2.87. The number of aromatic nitrogens is 2. The van der Waals surface area contributed by atoms with E-state index in [1.165, 1.54) is 5.56 Å². The number of hydrogen-bond donors (Lipinski definition) is 1. The molecule has 3 aromatic rings. The fourth-order valence-electron chi connectivity index (χ4n) is 4.93. The molecule has 208 valence electrons. The quantitative estimate of drug-likeness (QED) is 0.338. The lowest BCUT2D eigenvalue weighted by molar-refractivity contribution is -0.160. The number of ether oxygens (including phenoxy) is 2. The maximum absolute atomic E-state index is 12.6. The van der Waals surface area contributed by atoms with Gasteiger partial charge in [0.1, 0.15) is 12.4 Å². The molecule has 0 saturated carbocycles. The van der Waals surface area contributed by atoms with Crippen molar-refractivity contribution in [2.45, 2.75) is 79.6 Å². The minimum Gasteiger partial charge on any atom is -0.487 e. The highest BCUT2D eigenvalue weighted by Gasteiger charge is 2.36. The van der Waals surface area contributed by atoms with Gasteiger partial charge >= 0.3 is 5.97 Å². The lowest BCUT2D eigenvalue weighted by Crippen LogP contribution is -2.39. The SMILES string of the molecule is Cc1ccccc1COc1ccc(-c2cnc(C)c([C@H](OC(C)(C)C)C(=O)O)c2N2CCC(C)(C)CC2)nc1. The predicted molar refractivity (Wildman–Crippen MR) is 154 cm³/mol. The zero-order valence-corrected chi connectivity index (χ0v) is 24.2. The van der Waals surface area contributed by atoms with E-state index in [0.717, 1.165) is 42.7 Å². The molecule has 7 heteroatoms. The number of piperidine rings is 1. The van der Waals surface area contributed by atoms with E-state index in [4.69, 9.17) is 14.5 Å². The first-order chi connectivity index (χ1) is 18.3. The highest BCUT2D eigenvalue weighted by Crippen LogP contribution is 2.43. The van der Waals surface area contributed by atoms with Crippen LogP contribution in [0.4, 0.5) is 5.69 Å². The largest absolute Gasteiger partial charge is 0.487 e. The van der Waals surface area contributed by atoms with Gasteiger partial charge in [0.05, 0.1) is 23.2 Å². The van der Waals surface area contributed by atoms with E-state index in [9.17, 15) is 9.90 Å². The molecule has 1 fully saturated rings. The van der Waals surface area contributed by atoms with E-state index >= 15 is 0 Å². The summed E-state index contributed by atoms with van der Waals surface area (Å²) in [6.07, 6.45) is 4.38. The third-order valence-electron chi connectivity index (χ3n) is 7.35. The summed E-state index contributed by atoms with van der Waals surface area (Å²) in [7, 11) is 0. The van der Waals surface area contributed by atoms with Crippen molar-refractivity contribution in [3.63, 3.8) is 0 Å². The lowest BCUT2D eigenvalue weighted by atomic mass is 9.82. The van der Waals surface area contributed by atoms with Crippen molar-refractivity contribution in [1.82, 2.24) is 9.97 Å². The standard InChI is InChI=1S/C32H41N3O4/c1-21-10-8-9-11-23(21)20-38-24-12-13-26(34-18-24)25-19-33-22(2)27(29(30(36)37)39-31(3,4)5)28(25)35-16-14-32(6,7)15-17-35/h8-13,18-19,29H,14-17,20H2,1-7H3,(H,36,37)/t29-/m0/s1. The number of hydrogen-bond acceptors (Lipinski definition) is 6. The minimum atomic E-state index is -1.15. The van der Waals surface area contributed by atoms with Crippen LogP contribution in [0, 0.1) is 19.3 Å². The molecule has 0 unspecified atom stereocenters. The summed E-state index contributed by atoms with van der Waals surface area (Å²) in [5.41, 5.74) is 5.49. The molecule has 4 rings (SSSR count). The van der Waals surface area contributed by atoms with Crippen LogP contribution < -0.4 is 9.64 Å². The summed E-state index contributed by atoms with van der Waals surface area (Å²) in [4.78, 5) is 24.2. The molecular formula is C32H41N3O4. The van der Waals surface area contributed by atoms with Gasteiger partial charge in [-0.15, -0.1) is 0 Å². The average molecular weight is 532 g/mol. The highest BCUT2D eigenvalue weighted by molar-refractivity contribution is 5.85. The van der Waals surface area contributed by atoms with E-state index in [1.807, 2.05) is 52.0 Å². The van der Waals surface area contributed by atoms with E-state index in [1.54, 1.807) is 12.4 Å². The maximum atomic E-state index is 12.6. The number of nitrogens with zero attached hydrogens (tertiary/aromatic N) is 3. The van der Waals surface area contributed by atoms with Crippen LogP contribution in [0.3, 0.4) is 0 Å². The van der Waals surface area contributed by atoms with Crippen molar-refractivity contribution in [1.29, 1.82) is 0 Å². The fraction of sp³-hybridized carbons (Fsp3) is 0.469. The third kappa shape index (κ3) is 6.95. The third-order valence-corrected chi connectivity index (χ3v) is 7.35. The number of aliphatic carboxylic acids is 1. The van der Waals surface area contributed by atoms with Gasteiger partial charge in [0.25, 0.3) is 0 Å². The molecule has 0 spiro atoms. The van der Waals surface area contributed by atoms with Gasteiger partial charge < -0.3 is 19.5 Å². The Bertz CT molecular complexity index is 1300. The lowest BCUT2D eigenvalue weighted by Gasteiger charge is -2.40. The highest BCUT2D eigenvalue weighted by atomic mass is 16.5. The molecule has 1 atom stereocenters. The number of pyridine rings is 2. The topological polar surface area (TPSA) is 84.8 Å². The second-order valence-electron chi connectivity index (χ2n) is 12.2. The second kappa shape index (κ2) is 11.3.